The summed E-state index contributed by atoms with van der Waals surface area (Å²) in [7, 11) is 0. The minimum Gasteiger partial charge on any atom is -0.471 e. The number of ether oxygens (including phenoxy) is 1. The van der Waals surface area contributed by atoms with E-state index in [1.807, 2.05) is 17.5 Å². The standard InChI is InChI=1S/C9H8ClN3OS/c10-7-4-12-9(11)13-8(7)14-5-6-2-1-3-15-6/h1-4H,5H2,(H2,11,12,13). The molecule has 0 fully saturated rings. The molecular formula is C9H8ClN3OS. The average molecular weight is 242 g/mol. The van der Waals surface area contributed by atoms with Crippen LogP contribution in [-0.2, 0) is 6.61 Å². The number of nitrogens with two attached hydrogens (primary N) is 1. The van der Waals surface area contributed by atoms with Gasteiger partial charge in [0.1, 0.15) is 11.6 Å². The summed E-state index contributed by atoms with van der Waals surface area (Å²) in [6, 6.07) is 3.93. The third-order valence-corrected chi connectivity index (χ3v) is 2.77. The van der Waals surface area contributed by atoms with Crippen LogP contribution in [0.1, 0.15) is 4.88 Å². The number of halogens is 1. The molecule has 4 nitrogen and oxygen atoms in total. The zero-order valence-electron chi connectivity index (χ0n) is 7.68. The Morgan fingerprint density at radius 1 is 1.53 bits per heavy atom. The molecule has 0 spiro atoms. The summed E-state index contributed by atoms with van der Waals surface area (Å²) < 4.78 is 5.41. The first-order chi connectivity index (χ1) is 7.25. The quantitative estimate of drug-likeness (QED) is 0.896. The number of thiophene rings is 1. The lowest BCUT2D eigenvalue weighted by molar-refractivity contribution is 0.297. The summed E-state index contributed by atoms with van der Waals surface area (Å²) in [5.41, 5.74) is 5.42. The van der Waals surface area contributed by atoms with Crippen molar-refractivity contribution in [2.75, 3.05) is 5.73 Å². The van der Waals surface area contributed by atoms with E-state index in [4.69, 9.17) is 22.1 Å². The predicted octanol–water partition coefficient (Wildman–Crippen LogP) is 2.35. The first-order valence-corrected chi connectivity index (χ1v) is 5.44. The molecule has 2 N–H and O–H groups in total. The summed E-state index contributed by atoms with van der Waals surface area (Å²) in [6.45, 7) is 0.438. The molecule has 2 heterocycles. The molecule has 0 unspecified atom stereocenters. The van der Waals surface area contributed by atoms with Crippen LogP contribution in [0.5, 0.6) is 5.88 Å². The van der Waals surface area contributed by atoms with Crippen LogP contribution in [0.15, 0.2) is 23.7 Å². The number of rotatable bonds is 3. The Morgan fingerprint density at radius 2 is 2.40 bits per heavy atom. The highest BCUT2D eigenvalue weighted by Gasteiger charge is 2.05. The number of nitrogens with zero attached hydrogens (tertiary/aromatic N) is 2. The zero-order chi connectivity index (χ0) is 10.7. The second-order valence-electron chi connectivity index (χ2n) is 2.75. The second-order valence-corrected chi connectivity index (χ2v) is 4.19. The van der Waals surface area contributed by atoms with Crippen molar-refractivity contribution >= 4 is 28.9 Å². The van der Waals surface area contributed by atoms with Crippen molar-refractivity contribution < 1.29 is 4.74 Å². The second kappa shape index (κ2) is 4.46. The predicted molar refractivity (Wildman–Crippen MR) is 60.1 cm³/mol. The summed E-state index contributed by atoms with van der Waals surface area (Å²) in [5, 5.41) is 2.34. The smallest absolute Gasteiger partial charge is 0.237 e. The minimum absolute atomic E-state index is 0.153. The van der Waals surface area contributed by atoms with E-state index in [-0.39, 0.29) is 5.95 Å². The lowest BCUT2D eigenvalue weighted by Crippen LogP contribution is -2.00. The van der Waals surface area contributed by atoms with Crippen molar-refractivity contribution in [2.24, 2.45) is 0 Å². The Morgan fingerprint density at radius 3 is 3.13 bits per heavy atom. The molecule has 0 atom stereocenters. The fourth-order valence-corrected chi connectivity index (χ4v) is 1.76. The van der Waals surface area contributed by atoms with Crippen LogP contribution < -0.4 is 10.5 Å². The highest BCUT2D eigenvalue weighted by molar-refractivity contribution is 7.09. The van der Waals surface area contributed by atoms with Gasteiger partial charge in [-0.1, -0.05) is 17.7 Å². The number of anilines is 1. The van der Waals surface area contributed by atoms with Crippen molar-refractivity contribution in [1.82, 2.24) is 9.97 Å². The van der Waals surface area contributed by atoms with Gasteiger partial charge in [-0.15, -0.1) is 11.3 Å². The Balaban J connectivity index is 2.07. The molecule has 2 aromatic heterocycles. The van der Waals surface area contributed by atoms with Gasteiger partial charge in [0.15, 0.2) is 0 Å². The SMILES string of the molecule is Nc1ncc(Cl)c(OCc2cccs2)n1. The molecule has 2 rings (SSSR count). The van der Waals surface area contributed by atoms with Gasteiger partial charge in [0.2, 0.25) is 11.8 Å². The highest BCUT2D eigenvalue weighted by Crippen LogP contribution is 2.22. The normalized spacial score (nSPS) is 10.2. The van der Waals surface area contributed by atoms with Crippen LogP contribution in [0, 0.1) is 0 Å². The van der Waals surface area contributed by atoms with E-state index >= 15 is 0 Å². The van der Waals surface area contributed by atoms with Gasteiger partial charge in [-0.3, -0.25) is 0 Å². The number of hydrogen-bond donors (Lipinski definition) is 1. The molecule has 0 radical (unpaired) electrons. The first kappa shape index (κ1) is 10.2. The van der Waals surface area contributed by atoms with Crippen molar-refractivity contribution in [3.63, 3.8) is 0 Å². The Kier molecular flexibility index (Phi) is 3.03. The lowest BCUT2D eigenvalue weighted by atomic mass is 10.5. The van der Waals surface area contributed by atoms with Gasteiger partial charge in [0.25, 0.3) is 0 Å². The number of aromatic nitrogens is 2. The lowest BCUT2D eigenvalue weighted by Gasteiger charge is -2.05. The van der Waals surface area contributed by atoms with Crippen LogP contribution in [-0.4, -0.2) is 9.97 Å². The topological polar surface area (TPSA) is 61.0 Å². The summed E-state index contributed by atoms with van der Waals surface area (Å²) in [5.74, 6) is 0.471. The maximum absolute atomic E-state index is 5.83. The first-order valence-electron chi connectivity index (χ1n) is 4.19. The Hall–Kier alpha value is -1.33. The minimum atomic E-state index is 0.153. The molecule has 0 amide bonds. The van der Waals surface area contributed by atoms with E-state index in [1.165, 1.54) is 6.20 Å². The molecule has 0 aliphatic rings. The average Bonchev–Trinajstić information content (AvgIpc) is 2.72. The molecule has 0 saturated heterocycles. The van der Waals surface area contributed by atoms with Gasteiger partial charge in [-0.2, -0.15) is 4.98 Å². The van der Waals surface area contributed by atoms with E-state index in [0.29, 0.717) is 17.5 Å². The van der Waals surface area contributed by atoms with Crippen molar-refractivity contribution in [1.29, 1.82) is 0 Å². The zero-order valence-corrected chi connectivity index (χ0v) is 9.26. The fraction of sp³-hybridized carbons (Fsp3) is 0.111. The van der Waals surface area contributed by atoms with E-state index < -0.39 is 0 Å². The summed E-state index contributed by atoms with van der Waals surface area (Å²) >= 11 is 7.44. The van der Waals surface area contributed by atoms with Crippen LogP contribution >= 0.6 is 22.9 Å². The number of nitrogen functional groups attached to an aromatic ring is 1. The fourth-order valence-electron chi connectivity index (χ4n) is 1.000. The molecular weight excluding hydrogens is 234 g/mol. The van der Waals surface area contributed by atoms with E-state index in [0.717, 1.165) is 4.88 Å². The highest BCUT2D eigenvalue weighted by atomic mass is 35.5. The summed E-state index contributed by atoms with van der Waals surface area (Å²) in [4.78, 5) is 8.73. The van der Waals surface area contributed by atoms with Crippen molar-refractivity contribution in [3.05, 3.63) is 33.6 Å². The molecule has 6 heteroatoms. The third-order valence-electron chi connectivity index (χ3n) is 1.66. The Bertz CT molecular complexity index is 447. The molecule has 0 aliphatic heterocycles. The molecule has 0 bridgehead atoms. The van der Waals surface area contributed by atoms with Crippen LogP contribution in [0.4, 0.5) is 5.95 Å². The van der Waals surface area contributed by atoms with Gasteiger partial charge >= 0.3 is 0 Å². The number of hydrogen-bond acceptors (Lipinski definition) is 5. The molecule has 15 heavy (non-hydrogen) atoms. The molecule has 0 aliphatic carbocycles. The maximum atomic E-state index is 5.83. The van der Waals surface area contributed by atoms with Gasteiger partial charge in [-0.25, -0.2) is 4.98 Å². The van der Waals surface area contributed by atoms with Gasteiger partial charge in [-0.05, 0) is 11.4 Å². The summed E-state index contributed by atoms with van der Waals surface area (Å²) in [6.07, 6.45) is 1.42. The monoisotopic (exact) mass is 241 g/mol. The van der Waals surface area contributed by atoms with Gasteiger partial charge in [0.05, 0.1) is 6.20 Å². The molecule has 0 saturated carbocycles. The van der Waals surface area contributed by atoms with E-state index in [2.05, 4.69) is 9.97 Å². The van der Waals surface area contributed by atoms with E-state index in [9.17, 15) is 0 Å². The Labute approximate surface area is 95.7 Å². The van der Waals surface area contributed by atoms with Crippen LogP contribution in [0.3, 0.4) is 0 Å². The van der Waals surface area contributed by atoms with Crippen LogP contribution in [0.25, 0.3) is 0 Å². The van der Waals surface area contributed by atoms with Gasteiger partial charge in [0, 0.05) is 4.88 Å². The van der Waals surface area contributed by atoms with Crippen LogP contribution in [0.2, 0.25) is 5.02 Å². The largest absolute Gasteiger partial charge is 0.471 e. The molecule has 78 valence electrons. The van der Waals surface area contributed by atoms with Crippen molar-refractivity contribution in [2.45, 2.75) is 6.61 Å². The van der Waals surface area contributed by atoms with Crippen molar-refractivity contribution in [3.8, 4) is 5.88 Å². The molecule has 0 aromatic carbocycles. The molecule has 2 aromatic rings. The van der Waals surface area contributed by atoms with E-state index in [1.54, 1.807) is 11.3 Å². The van der Waals surface area contributed by atoms with Gasteiger partial charge < -0.3 is 10.5 Å². The third kappa shape index (κ3) is 2.57. The maximum Gasteiger partial charge on any atom is 0.237 e.